The largest absolute Gasteiger partial charge is 0.370 e. The van der Waals surface area contributed by atoms with Crippen molar-refractivity contribution in [1.29, 1.82) is 0 Å². The molecule has 27 heavy (non-hydrogen) atoms. The van der Waals surface area contributed by atoms with Gasteiger partial charge in [-0.1, -0.05) is 0 Å². The van der Waals surface area contributed by atoms with E-state index in [9.17, 15) is 9.59 Å². The van der Waals surface area contributed by atoms with Crippen LogP contribution in [-0.2, 0) is 28.1 Å². The number of H-pyrrole nitrogens is 1. The second kappa shape index (κ2) is 7.41. The Labute approximate surface area is 161 Å². The van der Waals surface area contributed by atoms with Gasteiger partial charge in [0.15, 0.2) is 0 Å². The van der Waals surface area contributed by atoms with Gasteiger partial charge in [0.2, 0.25) is 5.91 Å². The maximum atomic E-state index is 12.6. The molecule has 2 aromatic rings. The Morgan fingerprint density at radius 3 is 2.93 bits per heavy atom. The molecule has 1 spiro atoms. The molecule has 0 aromatic carbocycles. The van der Waals surface area contributed by atoms with E-state index in [-0.39, 0.29) is 18.4 Å². The molecular weight excluding hydrogens is 366 g/mol. The molecule has 2 aromatic heterocycles. The molecule has 0 aliphatic carbocycles. The lowest BCUT2D eigenvalue weighted by molar-refractivity contribution is -0.139. The molecule has 144 valence electrons. The number of aromatic nitrogens is 2. The van der Waals surface area contributed by atoms with Crippen LogP contribution in [0.2, 0.25) is 0 Å². The minimum absolute atomic E-state index is 0.0231. The molecule has 1 fully saturated rings. The predicted octanol–water partition coefficient (Wildman–Crippen LogP) is 0.750. The van der Waals surface area contributed by atoms with Gasteiger partial charge in [-0.25, -0.2) is 0 Å². The second-order valence-corrected chi connectivity index (χ2v) is 8.03. The third kappa shape index (κ3) is 3.50. The molecule has 0 saturated carbocycles. The standard InChI is InChI=1S/C18H23N5O3S/c19-10-16(24)23-6-3-18(4-7-23)13-9-15(27-14(13)2-8-26-18)17(25)20-11-12-1-5-21-22-12/h1,5,9H,2-4,6-8,10-11,19H2,(H,20,25)(H,21,22). The minimum Gasteiger partial charge on any atom is -0.370 e. The van der Waals surface area contributed by atoms with Crippen LogP contribution in [0.1, 0.15) is 38.6 Å². The first-order chi connectivity index (χ1) is 13.1. The molecule has 0 radical (unpaired) electrons. The summed E-state index contributed by atoms with van der Waals surface area (Å²) in [6, 6.07) is 3.81. The SMILES string of the molecule is NCC(=O)N1CCC2(CC1)OCCc1sc(C(=O)NCc3ccn[nH]3)cc12. The van der Waals surface area contributed by atoms with Crippen LogP contribution in [0.25, 0.3) is 0 Å². The van der Waals surface area contributed by atoms with E-state index in [1.54, 1.807) is 22.4 Å². The summed E-state index contributed by atoms with van der Waals surface area (Å²) in [6.45, 7) is 2.37. The Morgan fingerprint density at radius 2 is 2.22 bits per heavy atom. The number of rotatable bonds is 4. The summed E-state index contributed by atoms with van der Waals surface area (Å²) >= 11 is 1.54. The first-order valence-corrected chi connectivity index (χ1v) is 9.94. The lowest BCUT2D eigenvalue weighted by Gasteiger charge is -2.44. The van der Waals surface area contributed by atoms with E-state index in [4.69, 9.17) is 10.5 Å². The van der Waals surface area contributed by atoms with Crippen LogP contribution in [0.15, 0.2) is 18.3 Å². The molecule has 0 atom stereocenters. The molecule has 2 aliphatic rings. The maximum absolute atomic E-state index is 12.6. The van der Waals surface area contributed by atoms with Crippen LogP contribution in [0.3, 0.4) is 0 Å². The number of nitrogens with one attached hydrogen (secondary N) is 2. The summed E-state index contributed by atoms with van der Waals surface area (Å²) < 4.78 is 6.20. The van der Waals surface area contributed by atoms with Crippen LogP contribution in [-0.4, -0.2) is 53.2 Å². The van der Waals surface area contributed by atoms with Gasteiger partial charge in [-0.15, -0.1) is 11.3 Å². The predicted molar refractivity (Wildman–Crippen MR) is 100 cm³/mol. The number of hydrogen-bond acceptors (Lipinski definition) is 6. The van der Waals surface area contributed by atoms with Crippen molar-refractivity contribution in [2.24, 2.45) is 5.73 Å². The topological polar surface area (TPSA) is 113 Å². The highest BCUT2D eigenvalue weighted by Crippen LogP contribution is 2.44. The number of likely N-dealkylation sites (tertiary alicyclic amines) is 1. The van der Waals surface area contributed by atoms with E-state index in [0.29, 0.717) is 31.1 Å². The zero-order valence-electron chi connectivity index (χ0n) is 15.0. The Hall–Kier alpha value is -2.23. The van der Waals surface area contributed by atoms with Gasteiger partial charge in [0.25, 0.3) is 5.91 Å². The van der Waals surface area contributed by atoms with Crippen molar-refractivity contribution in [3.05, 3.63) is 39.3 Å². The average molecular weight is 389 g/mol. The normalized spacial score (nSPS) is 18.3. The third-order valence-corrected chi connectivity index (χ3v) is 6.52. The van der Waals surface area contributed by atoms with Crippen LogP contribution in [0.4, 0.5) is 0 Å². The van der Waals surface area contributed by atoms with Gasteiger partial charge < -0.3 is 20.7 Å². The van der Waals surface area contributed by atoms with Crippen LogP contribution in [0, 0.1) is 0 Å². The van der Waals surface area contributed by atoms with E-state index in [1.807, 2.05) is 12.1 Å². The molecular formula is C18H23N5O3S. The lowest BCUT2D eigenvalue weighted by atomic mass is 9.82. The van der Waals surface area contributed by atoms with Crippen LogP contribution >= 0.6 is 11.3 Å². The maximum Gasteiger partial charge on any atom is 0.261 e. The van der Waals surface area contributed by atoms with Gasteiger partial charge in [0.05, 0.1) is 35.9 Å². The molecule has 0 bridgehead atoms. The zero-order chi connectivity index (χ0) is 18.9. The fourth-order valence-corrected chi connectivity index (χ4v) is 4.98. The number of piperidine rings is 1. The van der Waals surface area contributed by atoms with E-state index < -0.39 is 5.60 Å². The molecule has 4 heterocycles. The fraction of sp³-hybridized carbons (Fsp3) is 0.500. The zero-order valence-corrected chi connectivity index (χ0v) is 15.8. The summed E-state index contributed by atoms with van der Waals surface area (Å²) in [4.78, 5) is 28.1. The number of hydrogen-bond donors (Lipinski definition) is 3. The van der Waals surface area contributed by atoms with E-state index in [2.05, 4.69) is 15.5 Å². The molecule has 8 nitrogen and oxygen atoms in total. The Balaban J connectivity index is 1.48. The van der Waals surface area contributed by atoms with Crippen LogP contribution in [0.5, 0.6) is 0 Å². The van der Waals surface area contributed by atoms with Crippen molar-refractivity contribution in [3.63, 3.8) is 0 Å². The fourth-order valence-electron chi connectivity index (χ4n) is 3.83. The molecule has 2 aliphatic heterocycles. The number of nitrogens with zero attached hydrogens (tertiary/aromatic N) is 2. The van der Waals surface area contributed by atoms with Crippen molar-refractivity contribution >= 4 is 23.2 Å². The molecule has 1 saturated heterocycles. The van der Waals surface area contributed by atoms with Crippen LogP contribution < -0.4 is 11.1 Å². The van der Waals surface area contributed by atoms with Crippen molar-refractivity contribution < 1.29 is 14.3 Å². The highest BCUT2D eigenvalue weighted by Gasteiger charge is 2.43. The number of carbonyl (C=O) groups excluding carboxylic acids is 2. The monoisotopic (exact) mass is 389 g/mol. The van der Waals surface area contributed by atoms with E-state index in [0.717, 1.165) is 30.5 Å². The van der Waals surface area contributed by atoms with E-state index in [1.165, 1.54) is 4.88 Å². The number of carbonyl (C=O) groups is 2. The smallest absolute Gasteiger partial charge is 0.261 e. The van der Waals surface area contributed by atoms with Gasteiger partial charge in [0, 0.05) is 30.6 Å². The number of amides is 2. The molecule has 4 N–H and O–H groups in total. The van der Waals surface area contributed by atoms with Crippen molar-refractivity contribution in [1.82, 2.24) is 20.4 Å². The highest BCUT2D eigenvalue weighted by atomic mass is 32.1. The van der Waals surface area contributed by atoms with Crippen molar-refractivity contribution in [3.8, 4) is 0 Å². The second-order valence-electron chi connectivity index (χ2n) is 6.89. The van der Waals surface area contributed by atoms with Crippen molar-refractivity contribution in [2.75, 3.05) is 26.2 Å². The minimum atomic E-state index is -0.392. The lowest BCUT2D eigenvalue weighted by Crippen LogP contribution is -2.49. The quantitative estimate of drug-likeness (QED) is 0.714. The Kier molecular flexibility index (Phi) is 4.98. The summed E-state index contributed by atoms with van der Waals surface area (Å²) in [5.41, 5.74) is 7.07. The van der Waals surface area contributed by atoms with Gasteiger partial charge in [-0.05, 0) is 30.5 Å². The summed E-state index contributed by atoms with van der Waals surface area (Å²) in [5.74, 6) is -0.111. The van der Waals surface area contributed by atoms with E-state index >= 15 is 0 Å². The number of ether oxygens (including phenoxy) is 1. The highest BCUT2D eigenvalue weighted by molar-refractivity contribution is 7.14. The number of fused-ring (bicyclic) bond motifs is 2. The van der Waals surface area contributed by atoms with Gasteiger partial charge in [0.1, 0.15) is 0 Å². The molecule has 0 unspecified atom stereocenters. The first kappa shape index (κ1) is 18.1. The van der Waals surface area contributed by atoms with Gasteiger partial charge in [-0.3, -0.25) is 14.7 Å². The molecule has 4 rings (SSSR count). The van der Waals surface area contributed by atoms with Gasteiger partial charge >= 0.3 is 0 Å². The van der Waals surface area contributed by atoms with Crippen molar-refractivity contribution in [2.45, 2.75) is 31.4 Å². The number of thiophene rings is 1. The summed E-state index contributed by atoms with van der Waals surface area (Å²) in [5, 5.41) is 9.64. The Morgan fingerprint density at radius 1 is 1.41 bits per heavy atom. The molecule has 9 heteroatoms. The number of aromatic amines is 1. The summed E-state index contributed by atoms with van der Waals surface area (Å²) in [7, 11) is 0. The molecule has 2 amide bonds. The Bertz CT molecular complexity index is 824. The van der Waals surface area contributed by atoms with Gasteiger partial charge in [-0.2, -0.15) is 5.10 Å². The number of nitrogens with two attached hydrogens (primary N) is 1. The average Bonchev–Trinajstić information content (AvgIpc) is 3.36. The third-order valence-electron chi connectivity index (χ3n) is 5.33. The first-order valence-electron chi connectivity index (χ1n) is 9.13. The summed E-state index contributed by atoms with van der Waals surface area (Å²) in [6.07, 6.45) is 3.95.